The minimum absolute atomic E-state index is 0.0304. The molecular weight excluding hydrogens is 354 g/mol. The second kappa shape index (κ2) is 7.68. The molecule has 1 N–H and O–H groups in total. The minimum Gasteiger partial charge on any atom is -0.479 e. The van der Waals surface area contributed by atoms with Crippen LogP contribution in [-0.2, 0) is 16.0 Å². The van der Waals surface area contributed by atoms with Gasteiger partial charge in [-0.3, -0.25) is 19.5 Å². The smallest absolute Gasteiger partial charge is 0.268 e. The van der Waals surface area contributed by atoms with E-state index >= 15 is 0 Å². The van der Waals surface area contributed by atoms with Gasteiger partial charge >= 0.3 is 0 Å². The lowest BCUT2D eigenvalue weighted by atomic mass is 10.1. The number of pyridine rings is 1. The van der Waals surface area contributed by atoms with Gasteiger partial charge in [-0.1, -0.05) is 36.4 Å². The van der Waals surface area contributed by atoms with Crippen molar-refractivity contribution in [1.82, 2.24) is 10.3 Å². The number of anilines is 1. The van der Waals surface area contributed by atoms with Gasteiger partial charge in [0.2, 0.25) is 5.91 Å². The van der Waals surface area contributed by atoms with Gasteiger partial charge in [-0.15, -0.1) is 0 Å². The number of aromatic nitrogens is 1. The summed E-state index contributed by atoms with van der Waals surface area (Å²) in [4.78, 5) is 30.9. The lowest BCUT2D eigenvalue weighted by Gasteiger charge is -2.32. The van der Waals surface area contributed by atoms with Crippen LogP contribution in [0.2, 0.25) is 0 Å². The quantitative estimate of drug-likeness (QED) is 0.744. The molecule has 1 unspecified atom stereocenters. The second-order valence-electron chi connectivity index (χ2n) is 6.74. The summed E-state index contributed by atoms with van der Waals surface area (Å²) in [7, 11) is 0. The second-order valence-corrected chi connectivity index (χ2v) is 6.74. The maximum Gasteiger partial charge on any atom is 0.268 e. The molecule has 1 aliphatic rings. The van der Waals surface area contributed by atoms with Crippen LogP contribution in [0.4, 0.5) is 5.69 Å². The van der Waals surface area contributed by atoms with Crippen LogP contribution >= 0.6 is 0 Å². The number of para-hydroxylation sites is 3. The highest BCUT2D eigenvalue weighted by molar-refractivity contribution is 6.03. The first-order valence-electron chi connectivity index (χ1n) is 9.30. The summed E-state index contributed by atoms with van der Waals surface area (Å²) in [6.07, 6.45) is 1.83. The maximum atomic E-state index is 12.5. The summed E-state index contributed by atoms with van der Waals surface area (Å²) in [5.74, 6) is 0.196. The van der Waals surface area contributed by atoms with E-state index in [1.165, 1.54) is 4.90 Å². The number of hydrogen-bond acceptors (Lipinski definition) is 4. The van der Waals surface area contributed by atoms with Gasteiger partial charge in [0, 0.05) is 18.1 Å². The zero-order valence-electron chi connectivity index (χ0n) is 15.6. The Kier molecular flexibility index (Phi) is 4.93. The Labute approximate surface area is 163 Å². The third kappa shape index (κ3) is 3.53. The fourth-order valence-electron chi connectivity index (χ4n) is 3.43. The molecule has 1 atom stereocenters. The predicted octanol–water partition coefficient (Wildman–Crippen LogP) is 2.71. The highest BCUT2D eigenvalue weighted by atomic mass is 16.5. The minimum atomic E-state index is -0.607. The molecule has 0 aliphatic carbocycles. The molecule has 2 amide bonds. The van der Waals surface area contributed by atoms with Crippen molar-refractivity contribution in [3.8, 4) is 5.75 Å². The number of carbonyl (C=O) groups excluding carboxylic acids is 2. The Hall–Kier alpha value is -3.41. The molecule has 1 aromatic heterocycles. The van der Waals surface area contributed by atoms with E-state index in [4.69, 9.17) is 4.74 Å². The monoisotopic (exact) mass is 375 g/mol. The number of benzene rings is 2. The molecule has 3 aromatic rings. The average molecular weight is 375 g/mol. The Morgan fingerprint density at radius 1 is 1.14 bits per heavy atom. The number of hydrogen-bond donors (Lipinski definition) is 1. The summed E-state index contributed by atoms with van der Waals surface area (Å²) in [5.41, 5.74) is 2.66. The highest BCUT2D eigenvalue weighted by Crippen LogP contribution is 2.33. The summed E-state index contributed by atoms with van der Waals surface area (Å²) < 4.78 is 5.61. The number of nitrogens with one attached hydrogen (secondary N) is 1. The first-order chi connectivity index (χ1) is 13.6. The van der Waals surface area contributed by atoms with Gasteiger partial charge in [0.05, 0.1) is 11.2 Å². The number of amides is 2. The summed E-state index contributed by atoms with van der Waals surface area (Å²) in [5, 5.41) is 3.99. The van der Waals surface area contributed by atoms with Crippen molar-refractivity contribution in [2.24, 2.45) is 0 Å². The van der Waals surface area contributed by atoms with E-state index in [0.29, 0.717) is 24.4 Å². The lowest BCUT2D eigenvalue weighted by molar-refractivity contribution is -0.128. The van der Waals surface area contributed by atoms with E-state index in [9.17, 15) is 9.59 Å². The van der Waals surface area contributed by atoms with E-state index in [2.05, 4.69) is 10.3 Å². The van der Waals surface area contributed by atoms with Crippen LogP contribution in [0.15, 0.2) is 60.8 Å². The van der Waals surface area contributed by atoms with Crippen LogP contribution in [0, 0.1) is 0 Å². The molecule has 142 valence electrons. The van der Waals surface area contributed by atoms with Gasteiger partial charge in [-0.25, -0.2) is 0 Å². The average Bonchev–Trinajstić information content (AvgIpc) is 2.71. The molecule has 0 fully saturated rings. The zero-order chi connectivity index (χ0) is 19.5. The van der Waals surface area contributed by atoms with Crippen LogP contribution < -0.4 is 15.0 Å². The van der Waals surface area contributed by atoms with E-state index in [-0.39, 0.29) is 18.4 Å². The standard InChI is InChI=1S/C22H21N3O3/c1-15-22(27)25(18-9-2-3-10-19(18)28-15)14-20(26)23-13-11-17-7-4-6-16-8-5-12-24-21(16)17/h2-10,12,15H,11,13-14H2,1H3,(H,23,26). The number of rotatable bonds is 5. The summed E-state index contributed by atoms with van der Waals surface area (Å²) in [6, 6.07) is 17.2. The molecule has 6 heteroatoms. The summed E-state index contributed by atoms with van der Waals surface area (Å²) >= 11 is 0. The van der Waals surface area contributed by atoms with Crippen LogP contribution in [-0.4, -0.2) is 36.0 Å². The van der Waals surface area contributed by atoms with E-state index in [1.54, 1.807) is 25.3 Å². The lowest BCUT2D eigenvalue weighted by Crippen LogP contribution is -2.49. The largest absolute Gasteiger partial charge is 0.479 e. The summed E-state index contributed by atoms with van der Waals surface area (Å²) in [6.45, 7) is 2.14. The molecule has 0 bridgehead atoms. The fourth-order valence-corrected chi connectivity index (χ4v) is 3.43. The van der Waals surface area contributed by atoms with E-state index in [1.807, 2.05) is 42.5 Å². The van der Waals surface area contributed by atoms with Crippen LogP contribution in [0.3, 0.4) is 0 Å². The van der Waals surface area contributed by atoms with Crippen LogP contribution in [0.25, 0.3) is 10.9 Å². The topological polar surface area (TPSA) is 71.5 Å². The number of carbonyl (C=O) groups is 2. The van der Waals surface area contributed by atoms with Gasteiger partial charge in [-0.05, 0) is 37.1 Å². The Morgan fingerprint density at radius 2 is 1.96 bits per heavy atom. The molecule has 2 heterocycles. The molecule has 28 heavy (non-hydrogen) atoms. The third-order valence-corrected chi connectivity index (χ3v) is 4.81. The molecule has 0 radical (unpaired) electrons. The van der Waals surface area contributed by atoms with Crippen LogP contribution in [0.1, 0.15) is 12.5 Å². The van der Waals surface area contributed by atoms with Crippen molar-refractivity contribution in [3.05, 3.63) is 66.4 Å². The molecule has 1 aliphatic heterocycles. The van der Waals surface area contributed by atoms with E-state index < -0.39 is 6.10 Å². The van der Waals surface area contributed by atoms with Crippen molar-refractivity contribution in [1.29, 1.82) is 0 Å². The van der Waals surface area contributed by atoms with Crippen molar-refractivity contribution in [2.45, 2.75) is 19.4 Å². The SMILES string of the molecule is CC1Oc2ccccc2N(CC(=O)NCCc2cccc3cccnc23)C1=O. The molecular formula is C22H21N3O3. The molecule has 2 aromatic carbocycles. The highest BCUT2D eigenvalue weighted by Gasteiger charge is 2.32. The van der Waals surface area contributed by atoms with Gasteiger partial charge in [-0.2, -0.15) is 0 Å². The number of fused-ring (bicyclic) bond motifs is 2. The van der Waals surface area contributed by atoms with Gasteiger partial charge in [0.15, 0.2) is 6.10 Å². The van der Waals surface area contributed by atoms with Gasteiger partial charge in [0.25, 0.3) is 5.91 Å². The number of nitrogens with zero attached hydrogens (tertiary/aromatic N) is 2. The van der Waals surface area contributed by atoms with Crippen molar-refractivity contribution in [2.75, 3.05) is 18.0 Å². The molecule has 6 nitrogen and oxygen atoms in total. The normalized spacial score (nSPS) is 15.8. The molecule has 0 saturated heterocycles. The third-order valence-electron chi connectivity index (χ3n) is 4.81. The molecule has 4 rings (SSSR count). The first kappa shape index (κ1) is 18.0. The van der Waals surface area contributed by atoms with Gasteiger partial charge < -0.3 is 10.1 Å². The van der Waals surface area contributed by atoms with E-state index in [0.717, 1.165) is 16.5 Å². The maximum absolute atomic E-state index is 12.5. The fraction of sp³-hybridized carbons (Fsp3) is 0.227. The van der Waals surface area contributed by atoms with Crippen molar-refractivity contribution >= 4 is 28.4 Å². The van der Waals surface area contributed by atoms with Crippen LogP contribution in [0.5, 0.6) is 5.75 Å². The first-order valence-corrected chi connectivity index (χ1v) is 9.30. The Bertz CT molecular complexity index is 1030. The Morgan fingerprint density at radius 3 is 2.86 bits per heavy atom. The van der Waals surface area contributed by atoms with Crippen molar-refractivity contribution < 1.29 is 14.3 Å². The Balaban J connectivity index is 1.40. The zero-order valence-corrected chi connectivity index (χ0v) is 15.6. The number of ether oxygens (including phenoxy) is 1. The van der Waals surface area contributed by atoms with Crippen molar-refractivity contribution in [3.63, 3.8) is 0 Å². The molecule has 0 saturated carbocycles. The van der Waals surface area contributed by atoms with Gasteiger partial charge in [0.1, 0.15) is 12.3 Å². The predicted molar refractivity (Wildman–Crippen MR) is 107 cm³/mol. The molecule has 0 spiro atoms.